The summed E-state index contributed by atoms with van der Waals surface area (Å²) < 4.78 is 18.1. The molecular weight excluding hydrogens is 408 g/mol. The third kappa shape index (κ3) is 4.02. The molecule has 0 atom stereocenters. The van der Waals surface area contributed by atoms with Crippen LogP contribution in [-0.4, -0.2) is 53.3 Å². The zero-order valence-electron chi connectivity index (χ0n) is 18.0. The highest BCUT2D eigenvalue weighted by atomic mass is 16.5. The van der Waals surface area contributed by atoms with Crippen LogP contribution in [0.25, 0.3) is 22.4 Å². The van der Waals surface area contributed by atoms with Gasteiger partial charge in [0.25, 0.3) is 0 Å². The Bertz CT molecular complexity index is 1210. The number of nitrogens with zero attached hydrogens (tertiary/aromatic N) is 5. The topological polar surface area (TPSA) is 90.5 Å². The van der Waals surface area contributed by atoms with Gasteiger partial charge in [-0.3, -0.25) is 4.68 Å². The van der Waals surface area contributed by atoms with Crippen LogP contribution in [0.1, 0.15) is 0 Å². The van der Waals surface area contributed by atoms with Crippen molar-refractivity contribution < 1.29 is 14.0 Å². The summed E-state index contributed by atoms with van der Waals surface area (Å²) in [5.74, 6) is 1.43. The average molecular weight is 432 g/mol. The normalized spacial score (nSPS) is 13.9. The van der Waals surface area contributed by atoms with Gasteiger partial charge < -0.3 is 24.2 Å². The van der Waals surface area contributed by atoms with Gasteiger partial charge in [-0.2, -0.15) is 5.10 Å². The number of hydrogen-bond acceptors (Lipinski definition) is 8. The van der Waals surface area contributed by atoms with Crippen LogP contribution in [-0.2, 0) is 11.8 Å². The van der Waals surface area contributed by atoms with E-state index in [4.69, 9.17) is 14.0 Å². The first-order valence-corrected chi connectivity index (χ1v) is 10.4. The molecule has 3 aromatic heterocycles. The molecule has 4 aromatic rings. The van der Waals surface area contributed by atoms with Crippen molar-refractivity contribution in [2.45, 2.75) is 0 Å². The molecule has 164 valence electrons. The summed E-state index contributed by atoms with van der Waals surface area (Å²) in [6.45, 7) is 3.22. The molecular formula is C23H24N6O3. The molecule has 1 aliphatic rings. The molecule has 1 aliphatic heterocycles. The van der Waals surface area contributed by atoms with Gasteiger partial charge in [0.05, 0.1) is 37.8 Å². The number of aryl methyl sites for hydroxylation is 1. The largest absolute Gasteiger partial charge is 0.494 e. The number of ether oxygens (including phenoxy) is 2. The minimum absolute atomic E-state index is 0.681. The standard InChI is InChI=1S/C23H24N6O3/c1-28-14-17(13-25-28)19-15-32-27-23(19)16-5-6-24-22(11-16)26-20-4-3-18(12-21(20)30-2)29-7-9-31-10-8-29/h3-6,11-15H,7-10H2,1-2H3,(H,24,26). The first-order valence-electron chi connectivity index (χ1n) is 10.4. The second-order valence-electron chi connectivity index (χ2n) is 7.52. The Kier molecular flexibility index (Phi) is 5.47. The second-order valence-corrected chi connectivity index (χ2v) is 7.52. The number of rotatable bonds is 6. The number of hydrogen-bond donors (Lipinski definition) is 1. The van der Waals surface area contributed by atoms with E-state index in [1.54, 1.807) is 30.4 Å². The zero-order chi connectivity index (χ0) is 21.9. The Balaban J connectivity index is 1.41. The smallest absolute Gasteiger partial charge is 0.144 e. The lowest BCUT2D eigenvalue weighted by molar-refractivity contribution is 0.122. The van der Waals surface area contributed by atoms with Crippen molar-refractivity contribution in [3.05, 3.63) is 55.2 Å². The average Bonchev–Trinajstić information content (AvgIpc) is 3.49. The molecule has 0 saturated carbocycles. The predicted octanol–water partition coefficient (Wildman–Crippen LogP) is 3.73. The number of morpholine rings is 1. The first kappa shape index (κ1) is 20.1. The van der Waals surface area contributed by atoms with Crippen LogP contribution in [0, 0.1) is 0 Å². The van der Waals surface area contributed by atoms with Gasteiger partial charge in [0.15, 0.2) is 0 Å². The molecule has 9 nitrogen and oxygen atoms in total. The Hall–Kier alpha value is -3.85. The van der Waals surface area contributed by atoms with Crippen LogP contribution in [0.3, 0.4) is 0 Å². The number of pyridine rings is 1. The molecule has 0 aliphatic carbocycles. The van der Waals surface area contributed by atoms with Crippen LogP contribution in [0.4, 0.5) is 17.2 Å². The number of methoxy groups -OCH3 is 1. The Labute approximate surface area is 185 Å². The van der Waals surface area contributed by atoms with Gasteiger partial charge in [0.1, 0.15) is 23.5 Å². The molecule has 0 radical (unpaired) electrons. The third-order valence-corrected chi connectivity index (χ3v) is 5.44. The molecule has 1 saturated heterocycles. The SMILES string of the molecule is COc1cc(N2CCOCC2)ccc1Nc1cc(-c2nocc2-c2cnn(C)c2)ccn1. The predicted molar refractivity (Wildman–Crippen MR) is 121 cm³/mol. The molecule has 1 N–H and O–H groups in total. The summed E-state index contributed by atoms with van der Waals surface area (Å²) >= 11 is 0. The fourth-order valence-electron chi connectivity index (χ4n) is 3.80. The lowest BCUT2D eigenvalue weighted by atomic mass is 10.1. The van der Waals surface area contributed by atoms with Crippen LogP contribution >= 0.6 is 0 Å². The van der Waals surface area contributed by atoms with E-state index in [2.05, 4.69) is 31.5 Å². The fraction of sp³-hybridized carbons (Fsp3) is 0.261. The van der Waals surface area contributed by atoms with E-state index in [-0.39, 0.29) is 0 Å². The van der Waals surface area contributed by atoms with Crippen LogP contribution < -0.4 is 15.0 Å². The van der Waals surface area contributed by atoms with Gasteiger partial charge in [0, 0.05) is 55.4 Å². The Morgan fingerprint density at radius 2 is 1.97 bits per heavy atom. The number of nitrogens with one attached hydrogen (secondary N) is 1. The van der Waals surface area contributed by atoms with Gasteiger partial charge in [-0.25, -0.2) is 4.98 Å². The van der Waals surface area contributed by atoms with Crippen molar-refractivity contribution in [3.63, 3.8) is 0 Å². The first-order chi connectivity index (χ1) is 15.7. The quantitative estimate of drug-likeness (QED) is 0.493. The highest BCUT2D eigenvalue weighted by molar-refractivity contribution is 5.81. The molecule has 4 heterocycles. The Morgan fingerprint density at radius 1 is 1.09 bits per heavy atom. The lowest BCUT2D eigenvalue weighted by Gasteiger charge is -2.29. The summed E-state index contributed by atoms with van der Waals surface area (Å²) in [4.78, 5) is 6.76. The number of anilines is 3. The molecule has 0 spiro atoms. The van der Waals surface area contributed by atoms with Gasteiger partial charge in [-0.15, -0.1) is 0 Å². The number of benzene rings is 1. The molecule has 9 heteroatoms. The van der Waals surface area contributed by atoms with E-state index in [1.165, 1.54) is 0 Å². The summed E-state index contributed by atoms with van der Waals surface area (Å²) in [5, 5.41) is 11.8. The highest BCUT2D eigenvalue weighted by Crippen LogP contribution is 2.34. The van der Waals surface area contributed by atoms with Gasteiger partial charge in [-0.05, 0) is 24.3 Å². The van der Waals surface area contributed by atoms with Crippen molar-refractivity contribution >= 4 is 17.2 Å². The summed E-state index contributed by atoms with van der Waals surface area (Å²) in [6.07, 6.45) is 7.09. The molecule has 5 rings (SSSR count). The maximum absolute atomic E-state index is 5.65. The second kappa shape index (κ2) is 8.72. The minimum atomic E-state index is 0.681. The minimum Gasteiger partial charge on any atom is -0.494 e. The van der Waals surface area contributed by atoms with Gasteiger partial charge in [0.2, 0.25) is 0 Å². The van der Waals surface area contributed by atoms with Crippen molar-refractivity contribution in [3.8, 4) is 28.1 Å². The molecule has 0 bridgehead atoms. The van der Waals surface area contributed by atoms with Crippen LogP contribution in [0.2, 0.25) is 0 Å². The summed E-state index contributed by atoms with van der Waals surface area (Å²) in [5.41, 5.74) is 5.39. The van der Waals surface area contributed by atoms with E-state index in [0.29, 0.717) is 5.82 Å². The maximum Gasteiger partial charge on any atom is 0.144 e. The van der Waals surface area contributed by atoms with Crippen LogP contribution in [0.15, 0.2) is 59.7 Å². The highest BCUT2D eigenvalue weighted by Gasteiger charge is 2.16. The zero-order valence-corrected chi connectivity index (χ0v) is 18.0. The molecule has 0 amide bonds. The van der Waals surface area contributed by atoms with Crippen LogP contribution in [0.5, 0.6) is 5.75 Å². The van der Waals surface area contributed by atoms with Crippen molar-refractivity contribution in [1.82, 2.24) is 19.9 Å². The van der Waals surface area contributed by atoms with E-state index >= 15 is 0 Å². The molecule has 1 fully saturated rings. The lowest BCUT2D eigenvalue weighted by Crippen LogP contribution is -2.36. The molecule has 0 unspecified atom stereocenters. The van der Waals surface area contributed by atoms with E-state index in [9.17, 15) is 0 Å². The fourth-order valence-corrected chi connectivity index (χ4v) is 3.80. The third-order valence-electron chi connectivity index (χ3n) is 5.44. The van der Waals surface area contributed by atoms with Gasteiger partial charge in [-0.1, -0.05) is 5.16 Å². The van der Waals surface area contributed by atoms with E-state index in [0.717, 1.165) is 65.8 Å². The molecule has 1 aromatic carbocycles. The summed E-state index contributed by atoms with van der Waals surface area (Å²) in [6, 6.07) is 9.97. The maximum atomic E-state index is 5.65. The van der Waals surface area contributed by atoms with Crippen molar-refractivity contribution in [1.29, 1.82) is 0 Å². The van der Waals surface area contributed by atoms with E-state index < -0.39 is 0 Å². The van der Waals surface area contributed by atoms with E-state index in [1.807, 2.05) is 37.5 Å². The summed E-state index contributed by atoms with van der Waals surface area (Å²) in [7, 11) is 3.55. The van der Waals surface area contributed by atoms with Crippen molar-refractivity contribution in [2.24, 2.45) is 7.05 Å². The van der Waals surface area contributed by atoms with Gasteiger partial charge >= 0.3 is 0 Å². The Morgan fingerprint density at radius 3 is 2.75 bits per heavy atom. The number of aromatic nitrogens is 4. The molecule has 32 heavy (non-hydrogen) atoms. The van der Waals surface area contributed by atoms with Crippen molar-refractivity contribution in [2.75, 3.05) is 43.6 Å². The monoisotopic (exact) mass is 432 g/mol.